The number of benzene rings is 1. The molecule has 4 unspecified atom stereocenters. The second-order valence-electron chi connectivity index (χ2n) is 18.7. The minimum atomic E-state index is -6.27. The zero-order valence-electron chi connectivity index (χ0n) is 43.0. The van der Waals surface area contributed by atoms with Crippen LogP contribution in [0, 0.1) is 5.92 Å². The number of amides is 1. The number of phosphoric acid groups is 4. The maximum absolute atomic E-state index is 13.7. The molecule has 10 rings (SSSR count). The monoisotopic (exact) mass is 1260 g/mol. The van der Waals surface area contributed by atoms with E-state index in [1.54, 1.807) is 18.2 Å². The average Bonchev–Trinajstić information content (AvgIpc) is 2.46. The topological polar surface area (TPSA) is 574 Å². The second-order valence-corrected chi connectivity index (χ2v) is 24.7. The van der Waals surface area contributed by atoms with Crippen molar-refractivity contribution in [2.24, 2.45) is 13.0 Å². The van der Waals surface area contributed by atoms with E-state index in [4.69, 9.17) is 54.2 Å². The first-order valence-electron chi connectivity index (χ1n) is 24.3. The van der Waals surface area contributed by atoms with E-state index in [0.717, 1.165) is 30.7 Å². The Hall–Kier alpha value is -6.42. The van der Waals surface area contributed by atoms with Crippen molar-refractivity contribution >= 4 is 88.4 Å². The summed E-state index contributed by atoms with van der Waals surface area (Å²) in [6.07, 6.45) is -13.8. The molecule has 40 nitrogen and oxygen atoms in total. The lowest BCUT2D eigenvalue weighted by molar-refractivity contribution is -0.745. The van der Waals surface area contributed by atoms with Gasteiger partial charge in [0, 0.05) is 25.1 Å². The van der Waals surface area contributed by atoms with E-state index in [1.165, 1.54) is 39.2 Å². The van der Waals surface area contributed by atoms with Gasteiger partial charge in [0.15, 0.2) is 41.4 Å². The number of aliphatic hydroxyl groups is 3. The predicted octanol–water partition coefficient (Wildman–Crippen LogP) is -3.66. The number of aliphatic hydroxyl groups excluding tert-OH is 3. The van der Waals surface area contributed by atoms with E-state index in [-0.39, 0.29) is 56.8 Å². The second kappa shape index (κ2) is 23.5. The number of ether oxygens (including phenoxy) is 4. The van der Waals surface area contributed by atoms with Crippen LogP contribution < -0.4 is 43.1 Å². The van der Waals surface area contributed by atoms with Gasteiger partial charge in [-0.25, -0.2) is 38.2 Å². The molecule has 9 heterocycles. The molecule has 1 amide bonds. The van der Waals surface area contributed by atoms with Gasteiger partial charge in [0.1, 0.15) is 54.6 Å². The van der Waals surface area contributed by atoms with Gasteiger partial charge in [0.05, 0.1) is 45.6 Å². The smallest absolute Gasteiger partial charge is 0.490 e. The molecule has 0 radical (unpaired) electrons. The molecule has 15 N–H and O–H groups in total. The van der Waals surface area contributed by atoms with Crippen LogP contribution in [-0.2, 0) is 71.0 Å². The van der Waals surface area contributed by atoms with Gasteiger partial charge >= 0.3 is 29.1 Å². The van der Waals surface area contributed by atoms with E-state index < -0.39 is 148 Å². The van der Waals surface area contributed by atoms with Crippen molar-refractivity contribution < 1.29 is 108 Å². The van der Waals surface area contributed by atoms with Crippen LogP contribution in [0.5, 0.6) is 0 Å². The van der Waals surface area contributed by atoms with Crippen molar-refractivity contribution in [3.05, 3.63) is 81.9 Å². The van der Waals surface area contributed by atoms with E-state index in [1.807, 2.05) is 0 Å². The molecule has 16 atom stereocenters. The Labute approximate surface area is 467 Å². The van der Waals surface area contributed by atoms with Crippen molar-refractivity contribution in [1.82, 2.24) is 58.9 Å². The van der Waals surface area contributed by atoms with Crippen LogP contribution >= 0.6 is 31.3 Å². The van der Waals surface area contributed by atoms with Gasteiger partial charge < -0.3 is 85.4 Å². The number of carbonyl (C=O) groups is 1. The first-order valence-corrected chi connectivity index (χ1v) is 30.2. The number of hydrogen-bond acceptors (Lipinski definition) is 30. The summed E-state index contributed by atoms with van der Waals surface area (Å²) in [5, 5.41) is 36.0. The van der Waals surface area contributed by atoms with Crippen molar-refractivity contribution in [2.75, 3.05) is 50.7 Å². The third kappa shape index (κ3) is 12.5. The number of carbonyl (C=O) groups excluding carboxylic acids is 1. The molecular formula is C40H50N16O24P4. The van der Waals surface area contributed by atoms with Crippen molar-refractivity contribution in [2.45, 2.75) is 67.5 Å². The third-order valence-corrected chi connectivity index (χ3v) is 18.5. The van der Waals surface area contributed by atoms with Crippen LogP contribution in [0.4, 0.5) is 17.7 Å². The third-order valence-electron chi connectivity index (χ3n) is 13.3. The summed E-state index contributed by atoms with van der Waals surface area (Å²) < 4.78 is 111. The summed E-state index contributed by atoms with van der Waals surface area (Å²) in [4.78, 5) is 113. The summed E-state index contributed by atoms with van der Waals surface area (Å²) >= 11 is 0. The molecule has 84 heavy (non-hydrogen) atoms. The number of nitrogens with one attached hydrogen (secondary N) is 3. The molecule has 3 aliphatic heterocycles. The Bertz CT molecular complexity index is 3950. The largest absolute Gasteiger partial charge is 0.756 e. The maximum Gasteiger partial charge on any atom is 0.490 e. The van der Waals surface area contributed by atoms with Crippen LogP contribution in [0.15, 0.2) is 65.2 Å². The van der Waals surface area contributed by atoms with E-state index in [0.29, 0.717) is 0 Å². The molecular weight excluding hydrogens is 1210 g/mol. The summed E-state index contributed by atoms with van der Waals surface area (Å²) in [5.41, 5.74) is 15.8. The molecule has 1 aromatic carbocycles. The highest BCUT2D eigenvalue weighted by Crippen LogP contribution is 2.68. The number of hydrogen-bond donors (Lipinski definition) is 12. The van der Waals surface area contributed by atoms with Gasteiger partial charge in [-0.05, 0) is 12.1 Å². The zero-order valence-corrected chi connectivity index (χ0v) is 46.6. The quantitative estimate of drug-likeness (QED) is 0.0230. The number of imidazole rings is 3. The molecule has 44 heteroatoms. The number of anilines is 3. The van der Waals surface area contributed by atoms with Gasteiger partial charge in [-0.15, -0.1) is 0 Å². The molecule has 454 valence electrons. The minimum absolute atomic E-state index is 0.0133. The fourth-order valence-electron chi connectivity index (χ4n) is 9.52. The van der Waals surface area contributed by atoms with Gasteiger partial charge in [-0.3, -0.25) is 51.7 Å². The molecule has 0 bridgehead atoms. The summed E-state index contributed by atoms with van der Waals surface area (Å²) in [6.45, 7) is -3.82. The molecule has 7 aromatic rings. The van der Waals surface area contributed by atoms with Crippen LogP contribution in [-0.4, -0.2) is 172 Å². The number of rotatable bonds is 22. The number of fused-ring (bicyclic) bond motifs is 3. The average molecular weight is 1260 g/mol. The predicted molar refractivity (Wildman–Crippen MR) is 273 cm³/mol. The summed E-state index contributed by atoms with van der Waals surface area (Å²) in [6, 6.07) is 7.83. The normalized spacial score (nSPS) is 28.3. The zero-order chi connectivity index (χ0) is 60.4. The number of nitrogen functional groups attached to an aromatic ring is 3. The Kier molecular flexibility index (Phi) is 16.9. The molecule has 0 aliphatic carbocycles. The highest BCUT2D eigenvalue weighted by molar-refractivity contribution is 7.66. The Balaban J connectivity index is 0.819. The molecule has 0 saturated carbocycles. The Morgan fingerprint density at radius 3 is 2.06 bits per heavy atom. The number of phosphoric ester groups is 3. The molecule has 6 aromatic heterocycles. The number of aryl methyl sites for hydroxylation is 1. The van der Waals surface area contributed by atoms with Gasteiger partial charge in [-0.2, -0.15) is 13.6 Å². The first kappa shape index (κ1) is 60.7. The summed E-state index contributed by atoms with van der Waals surface area (Å²) in [5.74, 6) is -2.57. The van der Waals surface area contributed by atoms with Crippen LogP contribution in [0.1, 0.15) is 29.0 Å². The minimum Gasteiger partial charge on any atom is -0.756 e. The summed E-state index contributed by atoms with van der Waals surface area (Å²) in [7, 11) is -21.4. The molecule has 3 saturated heterocycles. The van der Waals surface area contributed by atoms with Crippen molar-refractivity contribution in [3.63, 3.8) is 0 Å². The number of H-pyrrole nitrogens is 2. The van der Waals surface area contributed by atoms with E-state index >= 15 is 0 Å². The number of aromatic amines is 2. The van der Waals surface area contributed by atoms with Gasteiger partial charge in [0.2, 0.25) is 17.7 Å². The molecule has 3 fully saturated rings. The molecule has 0 spiro atoms. The van der Waals surface area contributed by atoms with Crippen molar-refractivity contribution in [3.8, 4) is 0 Å². The Morgan fingerprint density at radius 1 is 0.750 bits per heavy atom. The highest BCUT2D eigenvalue weighted by Gasteiger charge is 2.53. The lowest BCUT2D eigenvalue weighted by Crippen LogP contribution is -2.46. The number of nitrogens with two attached hydrogens (primary N) is 3. The van der Waals surface area contributed by atoms with Gasteiger partial charge in [0.25, 0.3) is 30.8 Å². The fourth-order valence-corrected chi connectivity index (χ4v) is 14.0. The Morgan fingerprint density at radius 2 is 1.37 bits per heavy atom. The van der Waals surface area contributed by atoms with E-state index in [9.17, 15) is 67.5 Å². The van der Waals surface area contributed by atoms with Crippen LogP contribution in [0.25, 0.3) is 33.5 Å². The highest BCUT2D eigenvalue weighted by atomic mass is 31.3. The van der Waals surface area contributed by atoms with Gasteiger partial charge in [-0.1, -0.05) is 23.2 Å². The van der Waals surface area contributed by atoms with Crippen molar-refractivity contribution in [1.29, 1.82) is 0 Å². The molecule has 3 aliphatic rings. The lowest BCUT2D eigenvalue weighted by Gasteiger charge is -2.31. The van der Waals surface area contributed by atoms with Crippen LogP contribution in [0.3, 0.4) is 0 Å². The number of nitrogens with zero attached hydrogens (tertiary/aromatic N) is 10. The number of methoxy groups -OCH3 is 1. The SMILES string of the molecule is CO[C@@H]1[C@H](OP(=O)([O-])OC[C@H]2O[C@@H](n3cnc4c(=O)[nH]c(N)nc43)[C@H](O)[C@@H]2O)[C@@H](COP(=O)(O)OP(=O)(O)OP(=O)(O)OC[C@H]2O[C@@H]([n+]3cn(C)c4c(=O)[nH]c(N)nc43)[C@H](O)[C@@H]2CNC(=O)c2ccccc2)O[C@H]1n1cnc2c(N)ncnc21. The van der Waals surface area contributed by atoms with E-state index in [2.05, 4.69) is 53.8 Å². The first-order chi connectivity index (χ1) is 39.6. The lowest BCUT2D eigenvalue weighted by atomic mass is 9.98. The fraction of sp³-hybridized carbons (Fsp3) is 0.450. The number of aromatic nitrogens is 12. The standard InChI is InChI=1S/C40H50N16O24P4/c1-53-15-56(32-23(53)35(62)52-40(43)50-32)36-24(57)17(8-44-33(60)16-6-4-3-5-7-16)18(75-36)9-73-82(65,66)79-84(69,70)80-83(67,68)74-11-20-27(28(71-2)38(77-20)54-13-47-21-29(41)45-12-46-30(21)54)78-81(63,64)72-10-19-25(58)26(59)37(76-19)55-14-48-22-31(55)49-39(42)51-34(22)61/h3-7,12-15,17-20,24-28,36-38,57-59H,8-11H2,1-2H3,(H12-,41,42,43,44,45,46,49,50,51,52,60,61,62,63,64,65,66,67,68,69,70)/t17-,18-,19-,20-,24-,25-,26-,27-,28-,36-,37-,38-/m1/s1. The van der Waals surface area contributed by atoms with Crippen LogP contribution in [0.2, 0.25) is 0 Å². The maximum atomic E-state index is 13.7.